The van der Waals surface area contributed by atoms with Gasteiger partial charge < -0.3 is 19.6 Å². The van der Waals surface area contributed by atoms with Crippen molar-refractivity contribution >= 4 is 28.6 Å². The van der Waals surface area contributed by atoms with Gasteiger partial charge in [-0.25, -0.2) is 9.97 Å². The summed E-state index contributed by atoms with van der Waals surface area (Å²) in [6, 6.07) is 7.74. The number of carbonyl (C=O) groups is 1. The molecule has 1 aromatic carbocycles. The molecule has 7 nitrogen and oxygen atoms in total. The molecule has 134 valence electrons. The zero-order valence-electron chi connectivity index (χ0n) is 14.8. The Morgan fingerprint density at radius 1 is 1.24 bits per heavy atom. The van der Waals surface area contributed by atoms with E-state index in [-0.39, 0.29) is 18.6 Å². The zero-order chi connectivity index (χ0) is 18.0. The van der Waals surface area contributed by atoms with Crippen LogP contribution in [-0.4, -0.2) is 59.9 Å². The monoisotopic (exact) mass is 344 g/mol. The fourth-order valence-corrected chi connectivity index (χ4v) is 3.17. The Morgan fingerprint density at radius 2 is 1.84 bits per heavy atom. The lowest BCUT2D eigenvalue weighted by molar-refractivity contribution is -0.136. The van der Waals surface area contributed by atoms with Gasteiger partial charge in [0.15, 0.2) is 11.6 Å². The van der Waals surface area contributed by atoms with Crippen LogP contribution >= 0.6 is 0 Å². The Hall–Kier alpha value is -2.41. The summed E-state index contributed by atoms with van der Waals surface area (Å²) in [5, 5.41) is 8.98. The highest BCUT2D eigenvalue weighted by atomic mass is 16.5. The number of morpholine rings is 1. The number of aromatic nitrogens is 2. The lowest BCUT2D eigenvalue weighted by atomic mass is 10.2. The van der Waals surface area contributed by atoms with Crippen LogP contribution in [0.4, 0.5) is 11.6 Å². The van der Waals surface area contributed by atoms with Crippen LogP contribution in [0.1, 0.15) is 20.3 Å². The summed E-state index contributed by atoms with van der Waals surface area (Å²) in [5.74, 6) is 0.672. The summed E-state index contributed by atoms with van der Waals surface area (Å²) in [5.41, 5.74) is 1.64. The molecule has 1 aliphatic rings. The van der Waals surface area contributed by atoms with Crippen molar-refractivity contribution in [2.75, 3.05) is 36.5 Å². The van der Waals surface area contributed by atoms with Gasteiger partial charge in [-0.2, -0.15) is 0 Å². The Bertz CT molecular complexity index is 757. The maximum absolute atomic E-state index is 10.9. The predicted octanol–water partition coefficient (Wildman–Crippen LogP) is 2.15. The number of rotatable bonds is 5. The lowest BCUT2D eigenvalue weighted by Crippen LogP contribution is -2.46. The molecule has 1 saturated heterocycles. The normalized spacial score (nSPS) is 20.7. The van der Waals surface area contributed by atoms with E-state index in [1.165, 1.54) is 0 Å². The molecule has 1 aromatic heterocycles. The van der Waals surface area contributed by atoms with Gasteiger partial charge in [0.05, 0.1) is 29.7 Å². The van der Waals surface area contributed by atoms with Crippen LogP contribution in [0.5, 0.6) is 0 Å². The molecule has 2 unspecified atom stereocenters. The van der Waals surface area contributed by atoms with Gasteiger partial charge in [0.2, 0.25) is 0 Å². The average molecular weight is 344 g/mol. The molecule has 2 heterocycles. The first kappa shape index (κ1) is 17.4. The minimum Gasteiger partial charge on any atom is -0.481 e. The molecule has 0 radical (unpaired) electrons. The van der Waals surface area contributed by atoms with E-state index in [1.807, 2.05) is 50.1 Å². The topological polar surface area (TPSA) is 78.8 Å². The molecule has 2 aromatic rings. The summed E-state index contributed by atoms with van der Waals surface area (Å²) < 4.78 is 5.82. The first-order chi connectivity index (χ1) is 11.9. The van der Waals surface area contributed by atoms with Gasteiger partial charge in [0, 0.05) is 26.7 Å². The minimum absolute atomic E-state index is 0.0559. The van der Waals surface area contributed by atoms with Gasteiger partial charge in [0.1, 0.15) is 0 Å². The number of carboxylic acid groups (broad SMARTS) is 1. The smallest absolute Gasteiger partial charge is 0.305 e. The van der Waals surface area contributed by atoms with Crippen LogP contribution < -0.4 is 9.80 Å². The second-order valence-electron chi connectivity index (χ2n) is 6.59. The molecular weight excluding hydrogens is 320 g/mol. The van der Waals surface area contributed by atoms with E-state index >= 15 is 0 Å². The Morgan fingerprint density at radius 3 is 2.44 bits per heavy atom. The quantitative estimate of drug-likeness (QED) is 0.890. The van der Waals surface area contributed by atoms with Crippen molar-refractivity contribution in [3.63, 3.8) is 0 Å². The fraction of sp³-hybridized carbons (Fsp3) is 0.500. The number of anilines is 2. The molecule has 0 aliphatic carbocycles. The Kier molecular flexibility index (Phi) is 5.03. The molecule has 1 aliphatic heterocycles. The van der Waals surface area contributed by atoms with Crippen LogP contribution in [0.2, 0.25) is 0 Å². The molecule has 7 heteroatoms. The third kappa shape index (κ3) is 3.99. The number of ether oxygens (including phenoxy) is 1. The number of nitrogens with zero attached hydrogens (tertiary/aromatic N) is 4. The van der Waals surface area contributed by atoms with E-state index in [0.717, 1.165) is 29.9 Å². The van der Waals surface area contributed by atoms with Crippen molar-refractivity contribution in [3.05, 3.63) is 24.3 Å². The van der Waals surface area contributed by atoms with E-state index in [4.69, 9.17) is 19.8 Å². The summed E-state index contributed by atoms with van der Waals surface area (Å²) in [4.78, 5) is 24.6. The largest absolute Gasteiger partial charge is 0.481 e. The lowest BCUT2D eigenvalue weighted by Gasteiger charge is -2.37. The molecule has 25 heavy (non-hydrogen) atoms. The second kappa shape index (κ2) is 7.23. The van der Waals surface area contributed by atoms with Crippen LogP contribution in [-0.2, 0) is 9.53 Å². The molecule has 0 amide bonds. The van der Waals surface area contributed by atoms with E-state index in [2.05, 4.69) is 4.90 Å². The Balaban J connectivity index is 2.01. The summed E-state index contributed by atoms with van der Waals surface area (Å²) in [6.45, 7) is 5.94. The predicted molar refractivity (Wildman–Crippen MR) is 97.3 cm³/mol. The van der Waals surface area contributed by atoms with Gasteiger partial charge in [-0.15, -0.1) is 0 Å². The number of hydrogen-bond donors (Lipinski definition) is 1. The molecule has 1 fully saturated rings. The van der Waals surface area contributed by atoms with Gasteiger partial charge in [0.25, 0.3) is 0 Å². The third-order valence-corrected chi connectivity index (χ3v) is 4.28. The second-order valence-corrected chi connectivity index (χ2v) is 6.59. The number of para-hydroxylation sites is 2. The highest BCUT2D eigenvalue weighted by molar-refractivity contribution is 5.81. The number of aliphatic carboxylic acids is 1. The highest BCUT2D eigenvalue weighted by Gasteiger charge is 2.27. The fourth-order valence-electron chi connectivity index (χ4n) is 3.17. The van der Waals surface area contributed by atoms with Crippen molar-refractivity contribution in [1.82, 2.24) is 9.97 Å². The van der Waals surface area contributed by atoms with Crippen LogP contribution in [0, 0.1) is 0 Å². The summed E-state index contributed by atoms with van der Waals surface area (Å²) >= 11 is 0. The molecule has 0 spiro atoms. The number of benzene rings is 1. The summed E-state index contributed by atoms with van der Waals surface area (Å²) in [6.07, 6.45) is 0.267. The van der Waals surface area contributed by atoms with E-state index in [9.17, 15) is 4.79 Å². The molecule has 0 saturated carbocycles. The van der Waals surface area contributed by atoms with Crippen LogP contribution in [0.15, 0.2) is 24.3 Å². The molecule has 3 rings (SSSR count). The molecule has 0 bridgehead atoms. The number of carboxylic acids is 1. The summed E-state index contributed by atoms with van der Waals surface area (Å²) in [7, 11) is 1.86. The molecule has 1 N–H and O–H groups in total. The van der Waals surface area contributed by atoms with Crippen molar-refractivity contribution in [1.29, 1.82) is 0 Å². The van der Waals surface area contributed by atoms with E-state index in [1.54, 1.807) is 0 Å². The van der Waals surface area contributed by atoms with Crippen molar-refractivity contribution < 1.29 is 14.6 Å². The van der Waals surface area contributed by atoms with Crippen LogP contribution in [0.25, 0.3) is 11.0 Å². The first-order valence-electron chi connectivity index (χ1n) is 8.54. The number of fused-ring (bicyclic) bond motifs is 1. The van der Waals surface area contributed by atoms with Gasteiger partial charge in [-0.3, -0.25) is 4.79 Å². The van der Waals surface area contributed by atoms with E-state index < -0.39 is 5.97 Å². The zero-order valence-corrected chi connectivity index (χ0v) is 14.8. The average Bonchev–Trinajstić information content (AvgIpc) is 2.57. The van der Waals surface area contributed by atoms with Crippen LogP contribution in [0.3, 0.4) is 0 Å². The molecule has 2 atom stereocenters. The minimum atomic E-state index is -0.823. The number of hydrogen-bond acceptors (Lipinski definition) is 6. The third-order valence-electron chi connectivity index (χ3n) is 4.28. The van der Waals surface area contributed by atoms with Gasteiger partial charge >= 0.3 is 5.97 Å². The van der Waals surface area contributed by atoms with Gasteiger partial charge in [-0.1, -0.05) is 12.1 Å². The SMILES string of the molecule is CC1CN(c2nc3ccccc3nc2N(C)CCC(=O)O)CC(C)O1. The van der Waals surface area contributed by atoms with Gasteiger partial charge in [-0.05, 0) is 26.0 Å². The maximum Gasteiger partial charge on any atom is 0.305 e. The maximum atomic E-state index is 10.9. The van der Waals surface area contributed by atoms with Crippen molar-refractivity contribution in [3.8, 4) is 0 Å². The Labute approximate surface area is 147 Å². The standard InChI is InChI=1S/C18H24N4O3/c1-12-10-22(11-13(2)25-12)18-17(21(3)9-8-16(23)24)19-14-6-4-5-7-15(14)20-18/h4-7,12-13H,8-11H2,1-3H3,(H,23,24). The van der Waals surface area contributed by atoms with Crippen molar-refractivity contribution in [2.24, 2.45) is 0 Å². The highest BCUT2D eigenvalue weighted by Crippen LogP contribution is 2.29. The first-order valence-corrected chi connectivity index (χ1v) is 8.54. The van der Waals surface area contributed by atoms with E-state index in [0.29, 0.717) is 12.4 Å². The van der Waals surface area contributed by atoms with Crippen molar-refractivity contribution in [2.45, 2.75) is 32.5 Å². The molecular formula is C18H24N4O3.